The number of pyridine rings is 1. The zero-order valence-electron chi connectivity index (χ0n) is 28.9. The molecule has 2 aliphatic rings. The number of hydrogen-bond acceptors (Lipinski definition) is 6. The third-order valence-corrected chi connectivity index (χ3v) is 9.35. The monoisotopic (exact) mass is 666 g/mol. The van der Waals surface area contributed by atoms with Crippen LogP contribution in [0.2, 0.25) is 0 Å². The first-order chi connectivity index (χ1) is 24.7. The molecule has 6 heteroatoms. The summed E-state index contributed by atoms with van der Waals surface area (Å²) in [5.41, 5.74) is 9.02. The quantitative estimate of drug-likeness (QED) is 0.0869. The van der Waals surface area contributed by atoms with E-state index in [-0.39, 0.29) is 12.2 Å². The zero-order valence-corrected chi connectivity index (χ0v) is 28.9. The molecule has 3 heterocycles. The fraction of sp³-hybridized carbons (Fsp3) is 0.295. The first-order valence-electron chi connectivity index (χ1n) is 17.9. The standard InChI is InChI=1S/C44H46N2O4/c1-33-11-24-44(45-30-33)46(38-18-12-34(13-19-38)25-28-47-31-41-9-5-26-48-41)39-20-14-35(15-21-39)29-43(36-7-3-2-4-8-36)37-16-22-40(23-17-37)50-32-42-10-6-27-49-42/h2-4,7-8,11-24,29-30,41-42H,5-6,9-10,25-28,31-32H2,1H3. The van der Waals surface area contributed by atoms with Crippen molar-refractivity contribution in [3.63, 3.8) is 0 Å². The summed E-state index contributed by atoms with van der Waals surface area (Å²) >= 11 is 0. The number of aromatic nitrogens is 1. The first kappa shape index (κ1) is 33.7. The summed E-state index contributed by atoms with van der Waals surface area (Å²) in [7, 11) is 0. The van der Waals surface area contributed by atoms with Gasteiger partial charge in [0.15, 0.2) is 0 Å². The van der Waals surface area contributed by atoms with Crippen LogP contribution in [-0.2, 0) is 20.6 Å². The van der Waals surface area contributed by atoms with Crippen LogP contribution >= 0.6 is 0 Å². The molecule has 2 aliphatic heterocycles. The number of anilines is 3. The highest BCUT2D eigenvalue weighted by molar-refractivity contribution is 5.91. The second-order valence-electron chi connectivity index (χ2n) is 13.1. The number of aryl methyl sites for hydroxylation is 1. The lowest BCUT2D eigenvalue weighted by molar-refractivity contribution is 0.0183. The Bertz CT molecular complexity index is 1790. The van der Waals surface area contributed by atoms with Crippen molar-refractivity contribution in [3.8, 4) is 5.75 Å². The van der Waals surface area contributed by atoms with E-state index in [1.54, 1.807) is 0 Å². The Morgan fingerprint density at radius 1 is 0.740 bits per heavy atom. The van der Waals surface area contributed by atoms with Crippen molar-refractivity contribution in [2.24, 2.45) is 0 Å². The maximum Gasteiger partial charge on any atom is 0.137 e. The maximum atomic E-state index is 6.05. The van der Waals surface area contributed by atoms with Gasteiger partial charge in [0.25, 0.3) is 0 Å². The molecule has 2 saturated heterocycles. The van der Waals surface area contributed by atoms with E-state index in [1.807, 2.05) is 6.20 Å². The lowest BCUT2D eigenvalue weighted by Gasteiger charge is -2.25. The fourth-order valence-electron chi connectivity index (χ4n) is 6.53. The maximum absolute atomic E-state index is 6.05. The van der Waals surface area contributed by atoms with Crippen molar-refractivity contribution in [2.75, 3.05) is 37.9 Å². The number of hydrogen-bond donors (Lipinski definition) is 0. The van der Waals surface area contributed by atoms with Gasteiger partial charge in [-0.1, -0.05) is 72.8 Å². The Hall–Kier alpha value is -4.75. The summed E-state index contributed by atoms with van der Waals surface area (Å²) in [6, 6.07) is 40.6. The van der Waals surface area contributed by atoms with Crippen LogP contribution in [0.5, 0.6) is 5.75 Å². The van der Waals surface area contributed by atoms with Gasteiger partial charge in [-0.25, -0.2) is 4.98 Å². The van der Waals surface area contributed by atoms with Crippen molar-refractivity contribution in [2.45, 2.75) is 51.2 Å². The molecule has 0 N–H and O–H groups in total. The topological polar surface area (TPSA) is 53.1 Å². The molecule has 0 spiro atoms. The Morgan fingerprint density at radius 3 is 2.04 bits per heavy atom. The van der Waals surface area contributed by atoms with E-state index in [2.05, 4.69) is 133 Å². The average Bonchev–Trinajstić information content (AvgIpc) is 3.90. The smallest absolute Gasteiger partial charge is 0.137 e. The van der Waals surface area contributed by atoms with Gasteiger partial charge in [-0.15, -0.1) is 0 Å². The summed E-state index contributed by atoms with van der Waals surface area (Å²) in [5, 5.41) is 0. The average molecular weight is 667 g/mol. The van der Waals surface area contributed by atoms with Crippen LogP contribution in [0.1, 0.15) is 53.5 Å². The highest BCUT2D eigenvalue weighted by atomic mass is 16.5. The van der Waals surface area contributed by atoms with Gasteiger partial charge in [-0.2, -0.15) is 0 Å². The molecule has 5 aromatic rings. The zero-order chi connectivity index (χ0) is 34.0. The fourth-order valence-corrected chi connectivity index (χ4v) is 6.53. The lowest BCUT2D eigenvalue weighted by Crippen LogP contribution is -2.16. The summed E-state index contributed by atoms with van der Waals surface area (Å²) in [4.78, 5) is 7.02. The van der Waals surface area contributed by atoms with Crippen LogP contribution < -0.4 is 9.64 Å². The molecule has 256 valence electrons. The van der Waals surface area contributed by atoms with Gasteiger partial charge in [0, 0.05) is 30.8 Å². The molecule has 0 bridgehead atoms. The molecular weight excluding hydrogens is 620 g/mol. The Balaban J connectivity index is 1.10. The minimum Gasteiger partial charge on any atom is -0.491 e. The molecule has 2 fully saturated rings. The molecule has 50 heavy (non-hydrogen) atoms. The van der Waals surface area contributed by atoms with Crippen molar-refractivity contribution in [3.05, 3.63) is 149 Å². The van der Waals surface area contributed by atoms with Gasteiger partial charge in [0.1, 0.15) is 18.2 Å². The van der Waals surface area contributed by atoms with E-state index in [0.717, 1.165) is 96.1 Å². The van der Waals surface area contributed by atoms with E-state index in [9.17, 15) is 0 Å². The normalized spacial score (nSPS) is 17.6. The highest BCUT2D eigenvalue weighted by Crippen LogP contribution is 2.35. The van der Waals surface area contributed by atoms with Gasteiger partial charge >= 0.3 is 0 Å². The molecule has 1 aromatic heterocycles. The molecule has 7 rings (SSSR count). The van der Waals surface area contributed by atoms with E-state index < -0.39 is 0 Å². The van der Waals surface area contributed by atoms with Crippen LogP contribution in [0.15, 0.2) is 121 Å². The summed E-state index contributed by atoms with van der Waals surface area (Å²) in [6.07, 6.45) is 9.91. The lowest BCUT2D eigenvalue weighted by atomic mass is 9.95. The van der Waals surface area contributed by atoms with E-state index >= 15 is 0 Å². The third-order valence-electron chi connectivity index (χ3n) is 9.35. The van der Waals surface area contributed by atoms with Gasteiger partial charge < -0.3 is 18.9 Å². The molecule has 2 atom stereocenters. The molecule has 0 aliphatic carbocycles. The van der Waals surface area contributed by atoms with Crippen molar-refractivity contribution in [1.82, 2.24) is 4.98 Å². The summed E-state index contributed by atoms with van der Waals surface area (Å²) in [6.45, 7) is 5.72. The number of ether oxygens (including phenoxy) is 4. The molecule has 6 nitrogen and oxygen atoms in total. The number of nitrogens with zero attached hydrogens (tertiary/aromatic N) is 2. The number of rotatable bonds is 14. The van der Waals surface area contributed by atoms with Gasteiger partial charge in [-0.05, 0) is 121 Å². The molecule has 4 aromatic carbocycles. The summed E-state index contributed by atoms with van der Waals surface area (Å²) in [5.74, 6) is 1.74. The highest BCUT2D eigenvalue weighted by Gasteiger charge is 2.18. The minimum absolute atomic E-state index is 0.196. The van der Waals surface area contributed by atoms with Gasteiger partial charge in [0.05, 0.1) is 25.4 Å². The van der Waals surface area contributed by atoms with E-state index in [1.165, 1.54) is 5.56 Å². The van der Waals surface area contributed by atoms with Gasteiger partial charge in [0.2, 0.25) is 0 Å². The van der Waals surface area contributed by atoms with E-state index in [4.69, 9.17) is 23.9 Å². The number of benzene rings is 4. The van der Waals surface area contributed by atoms with Crippen molar-refractivity contribution < 1.29 is 18.9 Å². The van der Waals surface area contributed by atoms with Gasteiger partial charge in [-0.3, -0.25) is 4.90 Å². The largest absolute Gasteiger partial charge is 0.491 e. The van der Waals surface area contributed by atoms with Crippen LogP contribution in [-0.4, -0.2) is 50.2 Å². The van der Waals surface area contributed by atoms with Crippen molar-refractivity contribution in [1.29, 1.82) is 0 Å². The van der Waals surface area contributed by atoms with Crippen LogP contribution in [0.25, 0.3) is 11.6 Å². The Morgan fingerprint density at radius 2 is 1.40 bits per heavy atom. The first-order valence-corrected chi connectivity index (χ1v) is 17.9. The van der Waals surface area contributed by atoms with Crippen LogP contribution in [0.3, 0.4) is 0 Å². The predicted molar refractivity (Wildman–Crippen MR) is 201 cm³/mol. The predicted octanol–water partition coefficient (Wildman–Crippen LogP) is 9.74. The SMILES string of the molecule is Cc1ccc(N(c2ccc(C=C(c3ccccc3)c3ccc(OCC4CCCO4)cc3)cc2)c2ccc(CCOCC3CCCO3)cc2)nc1. The second-order valence-corrected chi connectivity index (χ2v) is 13.1. The van der Waals surface area contributed by atoms with Crippen LogP contribution in [0, 0.1) is 6.92 Å². The molecule has 0 amide bonds. The molecule has 0 saturated carbocycles. The van der Waals surface area contributed by atoms with E-state index in [0.29, 0.717) is 19.8 Å². The molecule has 0 radical (unpaired) electrons. The third kappa shape index (κ3) is 8.88. The second kappa shape index (κ2) is 16.8. The summed E-state index contributed by atoms with van der Waals surface area (Å²) < 4.78 is 23.4. The van der Waals surface area contributed by atoms with Crippen LogP contribution in [0.4, 0.5) is 17.2 Å². The minimum atomic E-state index is 0.196. The van der Waals surface area contributed by atoms with Crippen molar-refractivity contribution >= 4 is 28.8 Å². The Labute approximate surface area is 296 Å². The Kier molecular flexibility index (Phi) is 11.3. The molecule has 2 unspecified atom stereocenters. The molecular formula is C44H46N2O4.